The van der Waals surface area contributed by atoms with E-state index in [2.05, 4.69) is 0 Å². The fraction of sp³-hybridized carbons (Fsp3) is 0.304. The van der Waals surface area contributed by atoms with Crippen LogP contribution >= 0.6 is 23.2 Å². The zero-order chi connectivity index (χ0) is 21.0. The van der Waals surface area contributed by atoms with Gasteiger partial charge in [0.1, 0.15) is 16.9 Å². The molecule has 2 aromatic carbocycles. The molecule has 0 atom stereocenters. The number of aryl methyl sites for hydroxylation is 1. The van der Waals surface area contributed by atoms with Crippen molar-refractivity contribution >= 4 is 45.9 Å². The third-order valence-electron chi connectivity index (χ3n) is 6.11. The van der Waals surface area contributed by atoms with E-state index in [-0.39, 0.29) is 18.1 Å². The number of rotatable bonds is 1. The Hall–Kier alpha value is -2.50. The average molecular weight is 444 g/mol. The number of halogens is 2. The number of furan rings is 1. The number of ether oxygens (including phenoxy) is 1. The summed E-state index contributed by atoms with van der Waals surface area (Å²) in [6.07, 6.45) is 1.34. The van der Waals surface area contributed by atoms with E-state index in [1.54, 1.807) is 17.0 Å². The molecule has 1 saturated heterocycles. The molecule has 5 rings (SSSR count). The molecule has 0 N–H and O–H groups in total. The van der Waals surface area contributed by atoms with Crippen molar-refractivity contribution in [3.05, 3.63) is 63.3 Å². The number of ketones is 1. The largest absolute Gasteiger partial charge is 0.484 e. The van der Waals surface area contributed by atoms with Crippen LogP contribution in [0.4, 0.5) is 0 Å². The Morgan fingerprint density at radius 1 is 1.13 bits per heavy atom. The normalized spacial score (nSPS) is 17.8. The third-order valence-corrected chi connectivity index (χ3v) is 6.61. The molecular formula is C23H19Cl2NO4. The van der Waals surface area contributed by atoms with Gasteiger partial charge in [-0.25, -0.2) is 0 Å². The maximum Gasteiger partial charge on any atom is 0.289 e. The standard InChI is InChI=1S/C23H19Cl2NO4/c1-13-15-4-2-3-5-19(15)29-20(13)22(28)26-8-6-23(7-9-26)12-18(27)16-10-14(24)11-17(25)21(16)30-23/h2-5,10-11H,6-9,12H2,1H3. The van der Waals surface area contributed by atoms with E-state index in [0.717, 1.165) is 10.9 Å². The van der Waals surface area contributed by atoms with Crippen LogP contribution in [0.2, 0.25) is 10.0 Å². The van der Waals surface area contributed by atoms with E-state index >= 15 is 0 Å². The van der Waals surface area contributed by atoms with Gasteiger partial charge in [0.25, 0.3) is 5.91 Å². The zero-order valence-electron chi connectivity index (χ0n) is 16.3. The minimum atomic E-state index is -0.652. The predicted molar refractivity (Wildman–Crippen MR) is 115 cm³/mol. The summed E-state index contributed by atoms with van der Waals surface area (Å²) in [5, 5.41) is 1.69. The first kappa shape index (κ1) is 19.5. The zero-order valence-corrected chi connectivity index (χ0v) is 17.8. The third kappa shape index (κ3) is 3.08. The van der Waals surface area contributed by atoms with Gasteiger partial charge in [-0.1, -0.05) is 41.4 Å². The van der Waals surface area contributed by atoms with Crippen molar-refractivity contribution in [2.75, 3.05) is 13.1 Å². The van der Waals surface area contributed by atoms with Crippen LogP contribution in [0.25, 0.3) is 11.0 Å². The Bertz CT molecular complexity index is 1190. The van der Waals surface area contributed by atoms with E-state index < -0.39 is 5.60 Å². The molecule has 0 aliphatic carbocycles. The molecule has 2 aliphatic rings. The number of nitrogens with zero attached hydrogens (tertiary/aromatic N) is 1. The van der Waals surface area contributed by atoms with Crippen molar-refractivity contribution in [2.45, 2.75) is 31.8 Å². The Morgan fingerprint density at radius 2 is 1.87 bits per heavy atom. The summed E-state index contributed by atoms with van der Waals surface area (Å²) < 4.78 is 12.1. The van der Waals surface area contributed by atoms with Crippen LogP contribution in [-0.2, 0) is 0 Å². The lowest BCUT2D eigenvalue weighted by atomic mass is 9.82. The number of hydrogen-bond donors (Lipinski definition) is 0. The van der Waals surface area contributed by atoms with Crippen molar-refractivity contribution < 1.29 is 18.7 Å². The number of benzene rings is 2. The Labute approximate surface area is 183 Å². The van der Waals surface area contributed by atoms with Crippen molar-refractivity contribution in [2.24, 2.45) is 0 Å². The number of para-hydroxylation sites is 1. The smallest absolute Gasteiger partial charge is 0.289 e. The molecule has 1 spiro atoms. The number of fused-ring (bicyclic) bond motifs is 2. The number of carbonyl (C=O) groups excluding carboxylic acids is 2. The second-order valence-corrected chi connectivity index (χ2v) is 8.84. The number of amides is 1. The van der Waals surface area contributed by atoms with Crippen LogP contribution in [0, 0.1) is 6.92 Å². The summed E-state index contributed by atoms with van der Waals surface area (Å²) in [7, 11) is 0. The van der Waals surface area contributed by atoms with Crippen molar-refractivity contribution in [1.29, 1.82) is 0 Å². The lowest BCUT2D eigenvalue weighted by molar-refractivity contribution is -0.00633. The first-order valence-electron chi connectivity index (χ1n) is 9.86. The summed E-state index contributed by atoms with van der Waals surface area (Å²) in [4.78, 5) is 27.6. The van der Waals surface area contributed by atoms with Gasteiger partial charge in [0.15, 0.2) is 11.5 Å². The number of piperidine rings is 1. The maximum atomic E-state index is 13.1. The van der Waals surface area contributed by atoms with Gasteiger partial charge >= 0.3 is 0 Å². The summed E-state index contributed by atoms with van der Waals surface area (Å²) in [6.45, 7) is 2.85. The van der Waals surface area contributed by atoms with Crippen molar-refractivity contribution in [3.8, 4) is 5.75 Å². The topological polar surface area (TPSA) is 59.8 Å². The van der Waals surface area contributed by atoms with Gasteiger partial charge in [-0.15, -0.1) is 0 Å². The van der Waals surface area contributed by atoms with Gasteiger partial charge in [-0.2, -0.15) is 0 Å². The predicted octanol–water partition coefficient (Wildman–Crippen LogP) is 5.69. The van der Waals surface area contributed by atoms with E-state index in [1.807, 2.05) is 31.2 Å². The molecule has 0 bridgehead atoms. The summed E-state index contributed by atoms with van der Waals surface area (Å²) in [6, 6.07) is 10.8. The van der Waals surface area contributed by atoms with Crippen molar-refractivity contribution in [3.63, 3.8) is 0 Å². The Morgan fingerprint density at radius 3 is 2.60 bits per heavy atom. The molecule has 3 aromatic rings. The highest BCUT2D eigenvalue weighted by Crippen LogP contribution is 2.44. The highest BCUT2D eigenvalue weighted by molar-refractivity contribution is 6.36. The molecule has 2 aliphatic heterocycles. The second-order valence-electron chi connectivity index (χ2n) is 7.99. The average Bonchev–Trinajstić information content (AvgIpc) is 3.06. The van der Waals surface area contributed by atoms with Crippen LogP contribution in [0.1, 0.15) is 45.7 Å². The molecule has 7 heteroatoms. The van der Waals surface area contributed by atoms with Crippen LogP contribution < -0.4 is 4.74 Å². The number of carbonyl (C=O) groups is 2. The lowest BCUT2D eigenvalue weighted by Gasteiger charge is -2.44. The fourth-order valence-electron chi connectivity index (χ4n) is 4.43. The SMILES string of the molecule is Cc1c(C(=O)N2CCC3(CC2)CC(=O)c2cc(Cl)cc(Cl)c2O3)oc2ccccc12. The molecule has 30 heavy (non-hydrogen) atoms. The molecule has 5 nitrogen and oxygen atoms in total. The summed E-state index contributed by atoms with van der Waals surface area (Å²) >= 11 is 12.3. The lowest BCUT2D eigenvalue weighted by Crippen LogP contribution is -2.52. The van der Waals surface area contributed by atoms with Gasteiger partial charge in [-0.05, 0) is 25.1 Å². The molecule has 1 aromatic heterocycles. The van der Waals surface area contributed by atoms with Crippen LogP contribution in [0.5, 0.6) is 5.75 Å². The molecule has 0 unspecified atom stereocenters. The molecule has 3 heterocycles. The minimum absolute atomic E-state index is 0.0337. The number of Topliss-reactive ketones (excluding diaryl/α,β-unsaturated/α-hetero) is 1. The Balaban J connectivity index is 1.36. The molecule has 154 valence electrons. The summed E-state index contributed by atoms with van der Waals surface area (Å²) in [5.41, 5.74) is 1.33. The number of likely N-dealkylation sites (tertiary alicyclic amines) is 1. The van der Waals surface area contributed by atoms with Gasteiger partial charge in [0.2, 0.25) is 0 Å². The van der Waals surface area contributed by atoms with Crippen molar-refractivity contribution in [1.82, 2.24) is 4.90 Å². The molecular weight excluding hydrogens is 425 g/mol. The minimum Gasteiger partial charge on any atom is -0.484 e. The highest BCUT2D eigenvalue weighted by atomic mass is 35.5. The van der Waals surface area contributed by atoms with Crippen LogP contribution in [0.3, 0.4) is 0 Å². The van der Waals surface area contributed by atoms with E-state index in [9.17, 15) is 9.59 Å². The monoisotopic (exact) mass is 443 g/mol. The van der Waals surface area contributed by atoms with Gasteiger partial charge < -0.3 is 14.1 Å². The first-order valence-corrected chi connectivity index (χ1v) is 10.6. The van der Waals surface area contributed by atoms with E-state index in [0.29, 0.717) is 58.6 Å². The van der Waals surface area contributed by atoms with Gasteiger partial charge in [-0.3, -0.25) is 9.59 Å². The fourth-order valence-corrected chi connectivity index (χ4v) is 4.96. The van der Waals surface area contributed by atoms with E-state index in [1.165, 1.54) is 0 Å². The van der Waals surface area contributed by atoms with Gasteiger partial charge in [0.05, 0.1) is 17.0 Å². The Kier molecular flexibility index (Phi) is 4.56. The molecule has 0 saturated carbocycles. The molecule has 1 fully saturated rings. The molecule has 1 amide bonds. The molecule has 0 radical (unpaired) electrons. The van der Waals surface area contributed by atoms with Crippen LogP contribution in [-0.4, -0.2) is 35.3 Å². The second kappa shape index (κ2) is 7.03. The van der Waals surface area contributed by atoms with Gasteiger partial charge in [0, 0.05) is 41.9 Å². The van der Waals surface area contributed by atoms with E-state index in [4.69, 9.17) is 32.4 Å². The maximum absolute atomic E-state index is 13.1. The quantitative estimate of drug-likeness (QED) is 0.484. The first-order chi connectivity index (χ1) is 14.4. The van der Waals surface area contributed by atoms with Crippen LogP contribution in [0.15, 0.2) is 40.8 Å². The highest BCUT2D eigenvalue weighted by Gasteiger charge is 2.45. The summed E-state index contributed by atoms with van der Waals surface area (Å²) in [5.74, 6) is 0.598. The number of hydrogen-bond acceptors (Lipinski definition) is 4.